The molecule has 0 aromatic heterocycles. The van der Waals surface area contributed by atoms with Gasteiger partial charge >= 0.3 is 0 Å². The van der Waals surface area contributed by atoms with Gasteiger partial charge in [-0.1, -0.05) is 31.2 Å². The zero-order chi connectivity index (χ0) is 16.1. The Morgan fingerprint density at radius 1 is 1.41 bits per heavy atom. The Labute approximate surface area is 131 Å². The number of nitrogens with two attached hydrogens (primary N) is 1. The highest BCUT2D eigenvalue weighted by molar-refractivity contribution is 6.02. The lowest BCUT2D eigenvalue weighted by Crippen LogP contribution is -2.43. The molecule has 0 fully saturated rings. The number of carbonyl (C=O) groups is 2. The first kappa shape index (κ1) is 16.2. The number of amides is 2. The summed E-state index contributed by atoms with van der Waals surface area (Å²) in [5.74, 6) is -0.427. The number of nitrogens with zero attached hydrogens (tertiary/aromatic N) is 1. The van der Waals surface area contributed by atoms with E-state index in [1.54, 1.807) is 17.9 Å². The van der Waals surface area contributed by atoms with Crippen LogP contribution in [0.2, 0.25) is 0 Å². The molecule has 0 unspecified atom stereocenters. The van der Waals surface area contributed by atoms with Crippen molar-refractivity contribution in [3.8, 4) is 0 Å². The van der Waals surface area contributed by atoms with Gasteiger partial charge in [-0.25, -0.2) is 0 Å². The van der Waals surface area contributed by atoms with Crippen LogP contribution in [-0.4, -0.2) is 30.4 Å². The third-order valence-corrected chi connectivity index (χ3v) is 3.95. The number of primary amides is 1. The van der Waals surface area contributed by atoms with Gasteiger partial charge in [0.2, 0.25) is 5.91 Å². The molecule has 1 aromatic rings. The Hall–Kier alpha value is -2.14. The van der Waals surface area contributed by atoms with E-state index in [4.69, 9.17) is 5.73 Å². The van der Waals surface area contributed by atoms with Crippen LogP contribution in [0.25, 0.3) is 0 Å². The van der Waals surface area contributed by atoms with E-state index in [9.17, 15) is 9.59 Å². The summed E-state index contributed by atoms with van der Waals surface area (Å²) in [5, 5.41) is 3.10. The first-order valence-corrected chi connectivity index (χ1v) is 7.66. The summed E-state index contributed by atoms with van der Waals surface area (Å²) < 4.78 is 0. The van der Waals surface area contributed by atoms with Gasteiger partial charge in [-0.3, -0.25) is 14.9 Å². The number of para-hydroxylation sites is 1. The van der Waals surface area contributed by atoms with Crippen molar-refractivity contribution < 1.29 is 9.59 Å². The number of anilines is 1. The molecule has 2 amide bonds. The van der Waals surface area contributed by atoms with Gasteiger partial charge in [0.1, 0.15) is 0 Å². The first-order valence-electron chi connectivity index (χ1n) is 7.66. The van der Waals surface area contributed by atoms with E-state index < -0.39 is 11.9 Å². The maximum atomic E-state index is 12.4. The van der Waals surface area contributed by atoms with Crippen molar-refractivity contribution in [2.24, 2.45) is 5.73 Å². The van der Waals surface area contributed by atoms with Crippen molar-refractivity contribution in [3.63, 3.8) is 0 Å². The molecular weight excluding hydrogens is 278 g/mol. The van der Waals surface area contributed by atoms with Crippen molar-refractivity contribution in [1.82, 2.24) is 5.32 Å². The van der Waals surface area contributed by atoms with Crippen LogP contribution >= 0.6 is 0 Å². The van der Waals surface area contributed by atoms with Crippen LogP contribution in [-0.2, 0) is 16.0 Å². The van der Waals surface area contributed by atoms with Crippen LogP contribution in [0.1, 0.15) is 25.8 Å². The summed E-state index contributed by atoms with van der Waals surface area (Å²) >= 11 is 0. The Balaban J connectivity index is 2.00. The maximum Gasteiger partial charge on any atom is 0.250 e. The van der Waals surface area contributed by atoms with Gasteiger partial charge in [0.15, 0.2) is 0 Å². The summed E-state index contributed by atoms with van der Waals surface area (Å²) in [6.07, 6.45) is 5.06. The molecule has 0 aliphatic carbocycles. The highest BCUT2D eigenvalue weighted by atomic mass is 16.2. The van der Waals surface area contributed by atoms with Crippen molar-refractivity contribution >= 4 is 17.5 Å². The average Bonchev–Trinajstić information content (AvgIpc) is 2.94. The summed E-state index contributed by atoms with van der Waals surface area (Å²) in [5.41, 5.74) is 7.44. The fraction of sp³-hybridized carbons (Fsp3) is 0.412. The smallest absolute Gasteiger partial charge is 0.250 e. The Kier molecular flexibility index (Phi) is 5.33. The first-order chi connectivity index (χ1) is 10.5. The predicted molar refractivity (Wildman–Crippen MR) is 87.5 cm³/mol. The van der Waals surface area contributed by atoms with Crippen molar-refractivity contribution in [3.05, 3.63) is 42.0 Å². The minimum absolute atomic E-state index is 0.0306. The number of fused-ring (bicyclic) bond motifs is 1. The molecule has 1 aliphatic rings. The van der Waals surface area contributed by atoms with Crippen LogP contribution in [0.15, 0.2) is 36.4 Å². The lowest BCUT2D eigenvalue weighted by atomic mass is 10.1. The number of carbonyl (C=O) groups excluding carboxylic acids is 2. The fourth-order valence-corrected chi connectivity index (χ4v) is 2.57. The van der Waals surface area contributed by atoms with Crippen molar-refractivity contribution in [1.29, 1.82) is 0 Å². The van der Waals surface area contributed by atoms with Crippen molar-refractivity contribution in [2.75, 3.05) is 11.4 Å². The van der Waals surface area contributed by atoms with Gasteiger partial charge in [-0.15, -0.1) is 0 Å². The Morgan fingerprint density at radius 3 is 2.82 bits per heavy atom. The molecule has 2 atom stereocenters. The molecule has 1 aliphatic heterocycles. The van der Waals surface area contributed by atoms with E-state index in [1.807, 2.05) is 31.2 Å². The Morgan fingerprint density at radius 2 is 2.14 bits per heavy atom. The molecule has 0 bridgehead atoms. The Bertz CT molecular complexity index is 583. The molecule has 0 saturated carbocycles. The van der Waals surface area contributed by atoms with E-state index >= 15 is 0 Å². The normalized spacial score (nSPS) is 16.5. The lowest BCUT2D eigenvalue weighted by Gasteiger charge is -2.18. The monoisotopic (exact) mass is 301 g/mol. The van der Waals surface area contributed by atoms with Gasteiger partial charge in [0.25, 0.3) is 5.91 Å². The van der Waals surface area contributed by atoms with Gasteiger partial charge in [-0.05, 0) is 31.4 Å². The van der Waals surface area contributed by atoms with Crippen LogP contribution in [0.4, 0.5) is 5.69 Å². The van der Waals surface area contributed by atoms with E-state index in [0.717, 1.165) is 18.5 Å². The molecule has 0 saturated heterocycles. The molecule has 5 nitrogen and oxygen atoms in total. The largest absolute Gasteiger partial charge is 0.368 e. The maximum absolute atomic E-state index is 12.4. The fourth-order valence-electron chi connectivity index (χ4n) is 2.57. The minimum Gasteiger partial charge on any atom is -0.368 e. The SMILES string of the molecule is CC[C@@H](/C=C/C(=O)N1CCc2ccccc21)N[C@@H](C)C(N)=O. The van der Waals surface area contributed by atoms with E-state index in [0.29, 0.717) is 6.54 Å². The number of rotatable bonds is 6. The quantitative estimate of drug-likeness (QED) is 0.779. The summed E-state index contributed by atoms with van der Waals surface area (Å²) in [6, 6.07) is 7.49. The second-order valence-electron chi connectivity index (χ2n) is 5.53. The second-order valence-corrected chi connectivity index (χ2v) is 5.53. The average molecular weight is 301 g/mol. The van der Waals surface area contributed by atoms with Gasteiger partial charge in [-0.2, -0.15) is 0 Å². The third-order valence-electron chi connectivity index (χ3n) is 3.95. The van der Waals surface area contributed by atoms with Gasteiger partial charge in [0, 0.05) is 24.4 Å². The standard InChI is InChI=1S/C17H23N3O2/c1-3-14(19-12(2)17(18)22)8-9-16(21)20-11-10-13-6-4-5-7-15(13)20/h4-9,12,14,19H,3,10-11H2,1-2H3,(H2,18,22)/b9-8+/t12-,14-/m0/s1. The molecule has 0 spiro atoms. The molecule has 2 rings (SSSR count). The van der Waals surface area contributed by atoms with Crippen molar-refractivity contribution in [2.45, 2.75) is 38.8 Å². The highest BCUT2D eigenvalue weighted by Gasteiger charge is 2.22. The number of hydrogen-bond donors (Lipinski definition) is 2. The number of hydrogen-bond acceptors (Lipinski definition) is 3. The molecule has 1 aromatic carbocycles. The van der Waals surface area contributed by atoms with Gasteiger partial charge < -0.3 is 10.6 Å². The second kappa shape index (κ2) is 7.22. The molecule has 1 heterocycles. The minimum atomic E-state index is -0.419. The molecular formula is C17H23N3O2. The number of nitrogens with one attached hydrogen (secondary N) is 1. The zero-order valence-electron chi connectivity index (χ0n) is 13.1. The van der Waals surface area contributed by atoms with Crippen LogP contribution < -0.4 is 16.0 Å². The predicted octanol–water partition coefficient (Wildman–Crippen LogP) is 1.37. The summed E-state index contributed by atoms with van der Waals surface area (Å²) in [4.78, 5) is 25.3. The van der Waals surface area contributed by atoms with Crippen LogP contribution in [0.5, 0.6) is 0 Å². The summed E-state index contributed by atoms with van der Waals surface area (Å²) in [7, 11) is 0. The number of benzene rings is 1. The molecule has 5 heteroatoms. The van der Waals surface area contributed by atoms with E-state index in [1.165, 1.54) is 5.56 Å². The lowest BCUT2D eigenvalue weighted by molar-refractivity contribution is -0.119. The van der Waals surface area contributed by atoms with Crippen LogP contribution in [0, 0.1) is 0 Å². The van der Waals surface area contributed by atoms with Gasteiger partial charge in [0.05, 0.1) is 6.04 Å². The highest BCUT2D eigenvalue weighted by Crippen LogP contribution is 2.27. The molecule has 0 radical (unpaired) electrons. The van der Waals surface area contributed by atoms with Crippen LogP contribution in [0.3, 0.4) is 0 Å². The third kappa shape index (κ3) is 3.74. The summed E-state index contributed by atoms with van der Waals surface area (Å²) in [6.45, 7) is 4.42. The molecule has 22 heavy (non-hydrogen) atoms. The molecule has 3 N–H and O–H groups in total. The molecule has 118 valence electrons. The van der Waals surface area contributed by atoms with E-state index in [2.05, 4.69) is 11.4 Å². The zero-order valence-corrected chi connectivity index (χ0v) is 13.1. The topological polar surface area (TPSA) is 75.4 Å². The van der Waals surface area contributed by atoms with E-state index in [-0.39, 0.29) is 11.9 Å².